The van der Waals surface area contributed by atoms with Gasteiger partial charge in [-0.3, -0.25) is 4.79 Å². The largest absolute Gasteiger partial charge is 0.393 e. The first kappa shape index (κ1) is 12.4. The number of nitrogens with two attached hydrogens (primary N) is 1. The molecule has 1 unspecified atom stereocenters. The molecule has 0 aromatic rings. The predicted molar refractivity (Wildman–Crippen MR) is 65.5 cm³/mol. The topological polar surface area (TPSA) is 46.3 Å². The van der Waals surface area contributed by atoms with E-state index in [1.165, 1.54) is 0 Å². The van der Waals surface area contributed by atoms with E-state index < -0.39 is 0 Å². The number of rotatable bonds is 5. The Hall–Kier alpha value is -0.640. The maximum absolute atomic E-state index is 12.1. The van der Waals surface area contributed by atoms with Crippen LogP contribution < -0.4 is 5.73 Å². The molecular formula is C11H20N2OS. The van der Waals surface area contributed by atoms with Gasteiger partial charge >= 0.3 is 0 Å². The van der Waals surface area contributed by atoms with Gasteiger partial charge in [0.05, 0.1) is 10.9 Å². The van der Waals surface area contributed by atoms with Crippen LogP contribution in [0.15, 0.2) is 0 Å². The number of hydrogen-bond donors (Lipinski definition) is 1. The van der Waals surface area contributed by atoms with Crippen molar-refractivity contribution in [2.75, 3.05) is 6.54 Å². The summed E-state index contributed by atoms with van der Waals surface area (Å²) in [6.45, 7) is 6.85. The standard InChI is InChI=1S/C11H20N2OS/c1-7(2)6-13(9-4-5-9)11(14)8(3)10(12)15/h7-9H,4-6H2,1-3H3,(H2,12,15). The third-order valence-corrected chi connectivity index (χ3v) is 2.98. The van der Waals surface area contributed by atoms with Crippen LogP contribution in [-0.2, 0) is 4.79 Å². The SMILES string of the molecule is CC(C)CN(C(=O)C(C)C(N)=S)C1CC1. The van der Waals surface area contributed by atoms with Gasteiger partial charge in [-0.05, 0) is 25.7 Å². The van der Waals surface area contributed by atoms with E-state index in [1.807, 2.05) is 4.90 Å². The first-order chi connectivity index (χ1) is 6.93. The summed E-state index contributed by atoms with van der Waals surface area (Å²) in [5, 5.41) is 0. The highest BCUT2D eigenvalue weighted by atomic mass is 32.1. The summed E-state index contributed by atoms with van der Waals surface area (Å²) in [5.41, 5.74) is 5.51. The number of hydrogen-bond acceptors (Lipinski definition) is 2. The van der Waals surface area contributed by atoms with Crippen molar-refractivity contribution in [1.29, 1.82) is 0 Å². The van der Waals surface area contributed by atoms with Crippen LogP contribution in [-0.4, -0.2) is 28.4 Å². The van der Waals surface area contributed by atoms with E-state index in [2.05, 4.69) is 13.8 Å². The maximum Gasteiger partial charge on any atom is 0.232 e. The van der Waals surface area contributed by atoms with Crippen molar-refractivity contribution in [3.8, 4) is 0 Å². The minimum absolute atomic E-state index is 0.0960. The molecule has 4 heteroatoms. The Morgan fingerprint density at radius 1 is 1.47 bits per heavy atom. The van der Waals surface area contributed by atoms with Crippen LogP contribution >= 0.6 is 12.2 Å². The van der Waals surface area contributed by atoms with Crippen molar-refractivity contribution in [3.63, 3.8) is 0 Å². The van der Waals surface area contributed by atoms with Crippen molar-refractivity contribution in [2.24, 2.45) is 17.6 Å². The van der Waals surface area contributed by atoms with Gasteiger partial charge in [-0.2, -0.15) is 0 Å². The summed E-state index contributed by atoms with van der Waals surface area (Å²) in [6.07, 6.45) is 2.25. The molecule has 0 heterocycles. The first-order valence-corrected chi connectivity index (χ1v) is 5.94. The zero-order valence-electron chi connectivity index (χ0n) is 9.69. The molecule has 0 aromatic heterocycles. The lowest BCUT2D eigenvalue weighted by Crippen LogP contribution is -2.42. The number of thiocarbonyl (C=S) groups is 1. The quantitative estimate of drug-likeness (QED) is 0.726. The molecule has 3 nitrogen and oxygen atoms in total. The Morgan fingerprint density at radius 2 is 2.00 bits per heavy atom. The molecule has 1 rings (SSSR count). The summed E-state index contributed by atoms with van der Waals surface area (Å²) in [5.74, 6) is 0.270. The molecule has 1 amide bonds. The highest BCUT2D eigenvalue weighted by Gasteiger charge is 2.35. The van der Waals surface area contributed by atoms with Crippen LogP contribution in [0.1, 0.15) is 33.6 Å². The van der Waals surface area contributed by atoms with E-state index in [0.717, 1.165) is 19.4 Å². The van der Waals surface area contributed by atoms with E-state index in [1.54, 1.807) is 6.92 Å². The van der Waals surface area contributed by atoms with Gasteiger partial charge in [0.1, 0.15) is 0 Å². The number of carbonyl (C=O) groups is 1. The van der Waals surface area contributed by atoms with Crippen LogP contribution in [0.2, 0.25) is 0 Å². The molecule has 0 aromatic carbocycles. The third kappa shape index (κ3) is 3.45. The minimum atomic E-state index is -0.320. The molecule has 0 spiro atoms. The van der Waals surface area contributed by atoms with Gasteiger partial charge in [0.25, 0.3) is 0 Å². The molecule has 86 valence electrons. The normalized spacial score (nSPS) is 17.6. The number of nitrogens with zero attached hydrogens (tertiary/aromatic N) is 1. The summed E-state index contributed by atoms with van der Waals surface area (Å²) in [4.78, 5) is 14.3. The van der Waals surface area contributed by atoms with Crippen LogP contribution in [0.5, 0.6) is 0 Å². The van der Waals surface area contributed by atoms with E-state index in [0.29, 0.717) is 16.9 Å². The Bertz CT molecular complexity index is 261. The van der Waals surface area contributed by atoms with Crippen LogP contribution in [0, 0.1) is 11.8 Å². The summed E-state index contributed by atoms with van der Waals surface area (Å²) < 4.78 is 0. The first-order valence-electron chi connectivity index (χ1n) is 5.53. The lowest BCUT2D eigenvalue weighted by Gasteiger charge is -2.27. The Kier molecular flexibility index (Phi) is 4.08. The molecule has 1 aliphatic rings. The Morgan fingerprint density at radius 3 is 2.33 bits per heavy atom. The highest BCUT2D eigenvalue weighted by molar-refractivity contribution is 7.80. The van der Waals surface area contributed by atoms with Gasteiger partial charge in [-0.25, -0.2) is 0 Å². The molecule has 0 radical (unpaired) electrons. The average Bonchev–Trinajstić information content (AvgIpc) is 2.94. The molecular weight excluding hydrogens is 208 g/mol. The van der Waals surface area contributed by atoms with Crippen LogP contribution in [0.25, 0.3) is 0 Å². The second kappa shape index (κ2) is 4.92. The zero-order chi connectivity index (χ0) is 11.6. The average molecular weight is 228 g/mol. The molecule has 15 heavy (non-hydrogen) atoms. The molecule has 0 aliphatic heterocycles. The van der Waals surface area contributed by atoms with Crippen molar-refractivity contribution in [1.82, 2.24) is 4.90 Å². The molecule has 1 saturated carbocycles. The fourth-order valence-electron chi connectivity index (χ4n) is 1.57. The van der Waals surface area contributed by atoms with Crippen molar-refractivity contribution < 1.29 is 4.79 Å². The second-order valence-corrected chi connectivity index (χ2v) is 5.21. The van der Waals surface area contributed by atoms with Crippen molar-refractivity contribution >= 4 is 23.1 Å². The summed E-state index contributed by atoms with van der Waals surface area (Å²) in [7, 11) is 0. The smallest absolute Gasteiger partial charge is 0.232 e. The minimum Gasteiger partial charge on any atom is -0.393 e. The number of carbonyl (C=O) groups excluding carboxylic acids is 1. The Balaban J connectivity index is 2.62. The molecule has 0 saturated heterocycles. The monoisotopic (exact) mass is 228 g/mol. The molecule has 1 atom stereocenters. The maximum atomic E-state index is 12.1. The molecule has 2 N–H and O–H groups in total. The molecule has 1 aliphatic carbocycles. The molecule has 0 bridgehead atoms. The lowest BCUT2D eigenvalue weighted by molar-refractivity contribution is -0.134. The Labute approximate surface area is 97.0 Å². The van der Waals surface area contributed by atoms with Gasteiger partial charge < -0.3 is 10.6 Å². The summed E-state index contributed by atoms with van der Waals surface area (Å²) in [6, 6.07) is 0.441. The van der Waals surface area contributed by atoms with Crippen molar-refractivity contribution in [2.45, 2.75) is 39.7 Å². The predicted octanol–water partition coefficient (Wildman–Crippen LogP) is 1.56. The molecule has 1 fully saturated rings. The zero-order valence-corrected chi connectivity index (χ0v) is 10.5. The van der Waals surface area contributed by atoms with Crippen LogP contribution in [0.3, 0.4) is 0 Å². The van der Waals surface area contributed by atoms with Gasteiger partial charge in [0, 0.05) is 12.6 Å². The van der Waals surface area contributed by atoms with E-state index >= 15 is 0 Å². The van der Waals surface area contributed by atoms with E-state index in [4.69, 9.17) is 18.0 Å². The van der Waals surface area contributed by atoms with E-state index in [9.17, 15) is 4.79 Å². The fraction of sp³-hybridized carbons (Fsp3) is 0.818. The van der Waals surface area contributed by atoms with Gasteiger partial charge in [-0.1, -0.05) is 26.1 Å². The summed E-state index contributed by atoms with van der Waals surface area (Å²) >= 11 is 4.86. The lowest BCUT2D eigenvalue weighted by atomic mass is 10.1. The highest BCUT2D eigenvalue weighted by Crippen LogP contribution is 2.28. The van der Waals surface area contributed by atoms with Gasteiger partial charge in [0.15, 0.2) is 0 Å². The second-order valence-electron chi connectivity index (χ2n) is 4.74. The van der Waals surface area contributed by atoms with Gasteiger partial charge in [0.2, 0.25) is 5.91 Å². The number of amides is 1. The van der Waals surface area contributed by atoms with Gasteiger partial charge in [-0.15, -0.1) is 0 Å². The third-order valence-electron chi connectivity index (χ3n) is 2.63. The van der Waals surface area contributed by atoms with Crippen molar-refractivity contribution in [3.05, 3.63) is 0 Å². The van der Waals surface area contributed by atoms with E-state index in [-0.39, 0.29) is 11.8 Å². The fourth-order valence-corrected chi connectivity index (χ4v) is 1.67. The van der Waals surface area contributed by atoms with Crippen LogP contribution in [0.4, 0.5) is 0 Å².